The summed E-state index contributed by atoms with van der Waals surface area (Å²) in [7, 11) is 0. The molecule has 1 aliphatic carbocycles. The Morgan fingerprint density at radius 2 is 2.08 bits per heavy atom. The second kappa shape index (κ2) is 4.24. The highest BCUT2D eigenvalue weighted by Crippen LogP contribution is 2.30. The van der Waals surface area contributed by atoms with Gasteiger partial charge in [-0.15, -0.1) is 13.2 Å². The molecule has 0 amide bonds. The van der Waals surface area contributed by atoms with E-state index in [9.17, 15) is 5.11 Å². The van der Waals surface area contributed by atoms with Gasteiger partial charge in [0.2, 0.25) is 0 Å². The molecular weight excluding hydrogens is 160 g/mol. The lowest BCUT2D eigenvalue weighted by Gasteiger charge is -2.32. The topological polar surface area (TPSA) is 20.2 Å². The van der Waals surface area contributed by atoms with Crippen LogP contribution in [0.25, 0.3) is 0 Å². The molecule has 0 saturated heterocycles. The van der Waals surface area contributed by atoms with Crippen molar-refractivity contribution in [2.75, 3.05) is 0 Å². The Morgan fingerprint density at radius 3 is 2.69 bits per heavy atom. The second-order valence-electron chi connectivity index (χ2n) is 3.36. The number of rotatable bonds is 4. The summed E-state index contributed by atoms with van der Waals surface area (Å²) in [6.45, 7) is 7.34. The first-order valence-electron chi connectivity index (χ1n) is 4.53. The fourth-order valence-electron chi connectivity index (χ4n) is 1.62. The zero-order chi connectivity index (χ0) is 9.73. The number of hydrogen-bond acceptors (Lipinski definition) is 1. The van der Waals surface area contributed by atoms with Crippen molar-refractivity contribution in [3.8, 4) is 0 Å². The summed E-state index contributed by atoms with van der Waals surface area (Å²) >= 11 is 0. The van der Waals surface area contributed by atoms with E-state index in [2.05, 4.69) is 13.2 Å². The Labute approximate surface area is 79.8 Å². The van der Waals surface area contributed by atoms with Crippen molar-refractivity contribution in [2.45, 2.75) is 18.4 Å². The fourth-order valence-corrected chi connectivity index (χ4v) is 1.62. The monoisotopic (exact) mass is 176 g/mol. The van der Waals surface area contributed by atoms with Gasteiger partial charge in [0.05, 0.1) is 5.60 Å². The third kappa shape index (κ3) is 2.19. The van der Waals surface area contributed by atoms with E-state index >= 15 is 0 Å². The van der Waals surface area contributed by atoms with Gasteiger partial charge in [-0.25, -0.2) is 0 Å². The minimum Gasteiger partial charge on any atom is -0.385 e. The van der Waals surface area contributed by atoms with Gasteiger partial charge in [0, 0.05) is 5.92 Å². The van der Waals surface area contributed by atoms with Crippen LogP contribution in [0.2, 0.25) is 0 Å². The molecule has 0 radical (unpaired) electrons. The van der Waals surface area contributed by atoms with Crippen LogP contribution in [-0.4, -0.2) is 10.7 Å². The highest BCUT2D eigenvalue weighted by Gasteiger charge is 2.31. The van der Waals surface area contributed by atoms with Crippen LogP contribution in [-0.2, 0) is 0 Å². The average Bonchev–Trinajstić information content (AvgIpc) is 2.10. The minimum absolute atomic E-state index is 0.132. The lowest BCUT2D eigenvalue weighted by molar-refractivity contribution is 0.0504. The standard InChI is InChI=1S/C12H16O/c1-3-7-11-8-5-6-10-12(11,13)9-4-2/h3-6,8,10-11,13H,1-2,7,9H2. The molecule has 0 saturated carbocycles. The maximum atomic E-state index is 10.2. The predicted molar refractivity (Wildman–Crippen MR) is 56.3 cm³/mol. The molecule has 1 nitrogen and oxygen atoms in total. The van der Waals surface area contributed by atoms with E-state index in [1.54, 1.807) is 6.08 Å². The summed E-state index contributed by atoms with van der Waals surface area (Å²) in [4.78, 5) is 0. The van der Waals surface area contributed by atoms with Gasteiger partial charge in [-0.2, -0.15) is 0 Å². The Balaban J connectivity index is 2.79. The highest BCUT2D eigenvalue weighted by molar-refractivity contribution is 5.23. The predicted octanol–water partition coefficient (Wildman–Crippen LogP) is 2.61. The summed E-state index contributed by atoms with van der Waals surface area (Å²) < 4.78 is 0. The first-order chi connectivity index (χ1) is 6.23. The van der Waals surface area contributed by atoms with Gasteiger partial charge in [0.15, 0.2) is 0 Å². The van der Waals surface area contributed by atoms with Gasteiger partial charge >= 0.3 is 0 Å². The molecular formula is C12H16O. The molecule has 1 heteroatoms. The van der Waals surface area contributed by atoms with E-state index in [-0.39, 0.29) is 5.92 Å². The lowest BCUT2D eigenvalue weighted by atomic mass is 9.79. The van der Waals surface area contributed by atoms with Crippen molar-refractivity contribution in [2.24, 2.45) is 5.92 Å². The smallest absolute Gasteiger partial charge is 0.0930 e. The first-order valence-corrected chi connectivity index (χ1v) is 4.53. The van der Waals surface area contributed by atoms with Crippen LogP contribution in [0.4, 0.5) is 0 Å². The molecule has 0 fully saturated rings. The van der Waals surface area contributed by atoms with E-state index in [0.29, 0.717) is 6.42 Å². The fraction of sp³-hybridized carbons (Fsp3) is 0.333. The van der Waals surface area contributed by atoms with Crippen LogP contribution < -0.4 is 0 Å². The van der Waals surface area contributed by atoms with Gasteiger partial charge in [0.25, 0.3) is 0 Å². The Kier molecular flexibility index (Phi) is 3.26. The molecule has 2 unspecified atom stereocenters. The molecule has 0 bridgehead atoms. The first kappa shape index (κ1) is 10.0. The summed E-state index contributed by atoms with van der Waals surface area (Å²) in [6.07, 6.45) is 12.7. The molecule has 2 atom stereocenters. The summed E-state index contributed by atoms with van der Waals surface area (Å²) in [6, 6.07) is 0. The van der Waals surface area contributed by atoms with Crippen LogP contribution in [0.3, 0.4) is 0 Å². The largest absolute Gasteiger partial charge is 0.385 e. The van der Waals surface area contributed by atoms with Crippen molar-refractivity contribution in [3.05, 3.63) is 49.6 Å². The summed E-state index contributed by atoms with van der Waals surface area (Å²) in [5, 5.41) is 10.2. The summed E-state index contributed by atoms with van der Waals surface area (Å²) in [5.41, 5.74) is -0.759. The van der Waals surface area contributed by atoms with Crippen LogP contribution >= 0.6 is 0 Å². The molecule has 1 rings (SSSR count). The van der Waals surface area contributed by atoms with Crippen LogP contribution in [0, 0.1) is 5.92 Å². The van der Waals surface area contributed by atoms with Crippen molar-refractivity contribution in [1.29, 1.82) is 0 Å². The molecule has 13 heavy (non-hydrogen) atoms. The molecule has 1 N–H and O–H groups in total. The van der Waals surface area contributed by atoms with Crippen molar-refractivity contribution < 1.29 is 5.11 Å². The van der Waals surface area contributed by atoms with Gasteiger partial charge < -0.3 is 5.11 Å². The number of aliphatic hydroxyl groups is 1. The molecule has 0 aromatic rings. The molecule has 0 aromatic heterocycles. The van der Waals surface area contributed by atoms with Crippen LogP contribution in [0.1, 0.15) is 12.8 Å². The molecule has 1 aliphatic rings. The van der Waals surface area contributed by atoms with E-state index in [1.807, 2.05) is 30.4 Å². The second-order valence-corrected chi connectivity index (χ2v) is 3.36. The Morgan fingerprint density at radius 1 is 1.31 bits per heavy atom. The molecule has 70 valence electrons. The quantitative estimate of drug-likeness (QED) is 0.653. The minimum atomic E-state index is -0.759. The van der Waals surface area contributed by atoms with E-state index in [4.69, 9.17) is 0 Å². The Hall–Kier alpha value is -1.08. The van der Waals surface area contributed by atoms with Gasteiger partial charge in [-0.1, -0.05) is 36.5 Å². The zero-order valence-corrected chi connectivity index (χ0v) is 7.82. The molecule has 0 aromatic carbocycles. The lowest BCUT2D eigenvalue weighted by Crippen LogP contribution is -2.35. The molecule has 0 spiro atoms. The third-order valence-electron chi connectivity index (χ3n) is 2.37. The zero-order valence-electron chi connectivity index (χ0n) is 7.82. The van der Waals surface area contributed by atoms with E-state index in [1.165, 1.54) is 0 Å². The molecule has 0 heterocycles. The Bertz CT molecular complexity index is 250. The van der Waals surface area contributed by atoms with Crippen molar-refractivity contribution in [1.82, 2.24) is 0 Å². The SMILES string of the molecule is C=CCC1C=CC=CC1(O)CC=C. The average molecular weight is 176 g/mol. The van der Waals surface area contributed by atoms with Crippen molar-refractivity contribution in [3.63, 3.8) is 0 Å². The third-order valence-corrected chi connectivity index (χ3v) is 2.37. The van der Waals surface area contributed by atoms with E-state index < -0.39 is 5.60 Å². The maximum absolute atomic E-state index is 10.2. The maximum Gasteiger partial charge on any atom is 0.0930 e. The van der Waals surface area contributed by atoms with Crippen LogP contribution in [0.15, 0.2) is 49.6 Å². The normalized spacial score (nSPS) is 31.6. The summed E-state index contributed by atoms with van der Waals surface area (Å²) in [5.74, 6) is 0.132. The van der Waals surface area contributed by atoms with Gasteiger partial charge in [-0.3, -0.25) is 0 Å². The number of allylic oxidation sites excluding steroid dienone is 3. The highest BCUT2D eigenvalue weighted by atomic mass is 16.3. The number of hydrogen-bond donors (Lipinski definition) is 1. The van der Waals surface area contributed by atoms with Gasteiger partial charge in [0.1, 0.15) is 0 Å². The van der Waals surface area contributed by atoms with Gasteiger partial charge in [-0.05, 0) is 12.8 Å². The molecule has 0 aliphatic heterocycles. The van der Waals surface area contributed by atoms with Crippen LogP contribution in [0.5, 0.6) is 0 Å². The van der Waals surface area contributed by atoms with Crippen molar-refractivity contribution >= 4 is 0 Å². The van der Waals surface area contributed by atoms with E-state index in [0.717, 1.165) is 6.42 Å².